The number of nitro benzene ring substituents is 1. The molecule has 1 heterocycles. The molecule has 0 aliphatic heterocycles. The minimum atomic E-state index is -0.631. The van der Waals surface area contributed by atoms with Gasteiger partial charge in [-0.05, 0) is 49.7 Å². The summed E-state index contributed by atoms with van der Waals surface area (Å²) in [6.45, 7) is 4.46. The van der Waals surface area contributed by atoms with Crippen molar-refractivity contribution in [1.29, 1.82) is 0 Å². The van der Waals surface area contributed by atoms with Crippen LogP contribution in [0, 0.1) is 17.0 Å². The van der Waals surface area contributed by atoms with E-state index >= 15 is 0 Å². The summed E-state index contributed by atoms with van der Waals surface area (Å²) in [6, 6.07) is 11.4. The van der Waals surface area contributed by atoms with E-state index in [2.05, 4.69) is 4.99 Å². The summed E-state index contributed by atoms with van der Waals surface area (Å²) in [5, 5.41) is 11.1. The van der Waals surface area contributed by atoms with Gasteiger partial charge >= 0.3 is 0 Å². The fourth-order valence-electron chi connectivity index (χ4n) is 2.89. The molecule has 0 aliphatic rings. The SMILES string of the molecule is CCOc1ccc(-c2c(C)sc(=NC(=O)c3cc([N+](=O)[O-])ccc3Cl)n2C)cc1. The van der Waals surface area contributed by atoms with Crippen LogP contribution < -0.4 is 9.54 Å². The quantitative estimate of drug-likeness (QED) is 0.430. The first kappa shape index (κ1) is 20.8. The molecule has 0 aliphatic carbocycles. The van der Waals surface area contributed by atoms with Crippen molar-refractivity contribution in [1.82, 2.24) is 4.57 Å². The molecule has 0 fully saturated rings. The predicted octanol–water partition coefficient (Wildman–Crippen LogP) is 4.76. The molecule has 0 radical (unpaired) electrons. The van der Waals surface area contributed by atoms with Gasteiger partial charge in [-0.15, -0.1) is 11.3 Å². The first-order valence-corrected chi connectivity index (χ1v) is 9.94. The lowest BCUT2D eigenvalue weighted by Crippen LogP contribution is -2.14. The molecule has 7 nitrogen and oxygen atoms in total. The normalized spacial score (nSPS) is 11.5. The lowest BCUT2D eigenvalue weighted by Gasteiger charge is -2.07. The molecule has 0 spiro atoms. The van der Waals surface area contributed by atoms with E-state index in [4.69, 9.17) is 16.3 Å². The number of halogens is 1. The Morgan fingerprint density at radius 3 is 2.59 bits per heavy atom. The average molecular weight is 432 g/mol. The van der Waals surface area contributed by atoms with E-state index in [1.807, 2.05) is 49.7 Å². The van der Waals surface area contributed by atoms with Crippen LogP contribution in [0.15, 0.2) is 47.5 Å². The second-order valence-corrected chi connectivity index (χ2v) is 7.73. The highest BCUT2D eigenvalue weighted by atomic mass is 35.5. The lowest BCUT2D eigenvalue weighted by molar-refractivity contribution is -0.384. The van der Waals surface area contributed by atoms with Gasteiger partial charge in [-0.25, -0.2) is 0 Å². The molecule has 3 rings (SSSR count). The van der Waals surface area contributed by atoms with Gasteiger partial charge in [0, 0.05) is 24.1 Å². The number of non-ortho nitro benzene ring substituents is 1. The Balaban J connectivity index is 2.01. The van der Waals surface area contributed by atoms with E-state index < -0.39 is 10.8 Å². The van der Waals surface area contributed by atoms with Crippen molar-refractivity contribution in [2.45, 2.75) is 13.8 Å². The molecule has 3 aromatic rings. The zero-order valence-electron chi connectivity index (χ0n) is 16.0. The molecule has 0 saturated carbocycles. The number of nitrogens with zero attached hydrogens (tertiary/aromatic N) is 3. The molecule has 1 aromatic heterocycles. The van der Waals surface area contributed by atoms with E-state index in [0.29, 0.717) is 11.4 Å². The first-order valence-electron chi connectivity index (χ1n) is 8.74. The molecule has 2 aromatic carbocycles. The third-order valence-corrected chi connectivity index (χ3v) is 5.60. The van der Waals surface area contributed by atoms with Gasteiger partial charge in [0.15, 0.2) is 4.80 Å². The Hall–Kier alpha value is -2.97. The van der Waals surface area contributed by atoms with Gasteiger partial charge in [0.1, 0.15) is 5.75 Å². The van der Waals surface area contributed by atoms with Gasteiger partial charge in [0.05, 0.1) is 27.8 Å². The van der Waals surface area contributed by atoms with Crippen molar-refractivity contribution in [3.63, 3.8) is 0 Å². The van der Waals surface area contributed by atoms with Crippen molar-refractivity contribution >= 4 is 34.5 Å². The minimum Gasteiger partial charge on any atom is -0.494 e. The molecular formula is C20H18ClN3O4S. The van der Waals surface area contributed by atoms with Gasteiger partial charge < -0.3 is 9.30 Å². The third kappa shape index (κ3) is 4.38. The summed E-state index contributed by atoms with van der Waals surface area (Å²) in [6.07, 6.45) is 0. The summed E-state index contributed by atoms with van der Waals surface area (Å²) < 4.78 is 7.29. The Kier molecular flexibility index (Phi) is 6.14. The number of hydrogen-bond donors (Lipinski definition) is 0. The number of ether oxygens (including phenoxy) is 1. The fourth-order valence-corrected chi connectivity index (χ4v) is 4.07. The van der Waals surface area contributed by atoms with Gasteiger partial charge in [-0.3, -0.25) is 14.9 Å². The Morgan fingerprint density at radius 1 is 1.28 bits per heavy atom. The number of amides is 1. The number of carbonyl (C=O) groups is 1. The zero-order chi connectivity index (χ0) is 21.1. The number of nitro groups is 1. The maximum absolute atomic E-state index is 12.6. The number of aryl methyl sites for hydroxylation is 1. The highest BCUT2D eigenvalue weighted by Crippen LogP contribution is 2.27. The standard InChI is InChI=1S/C20H18ClN3O4S/c1-4-28-15-8-5-13(6-9-15)18-12(2)29-20(23(18)3)22-19(25)16-11-14(24(26)27)7-10-17(16)21/h5-11H,4H2,1-3H3. The summed E-state index contributed by atoms with van der Waals surface area (Å²) >= 11 is 7.41. The van der Waals surface area contributed by atoms with Crippen molar-refractivity contribution in [3.05, 3.63) is 72.8 Å². The van der Waals surface area contributed by atoms with Gasteiger partial charge in [-0.2, -0.15) is 4.99 Å². The Labute approximate surface area is 176 Å². The molecule has 1 amide bonds. The Morgan fingerprint density at radius 2 is 1.97 bits per heavy atom. The van der Waals surface area contributed by atoms with Crippen LogP contribution in [0.5, 0.6) is 5.75 Å². The topological polar surface area (TPSA) is 86.7 Å². The number of carbonyl (C=O) groups excluding carboxylic acids is 1. The van der Waals surface area contributed by atoms with Gasteiger partial charge in [0.25, 0.3) is 11.6 Å². The number of aromatic nitrogens is 1. The van der Waals surface area contributed by atoms with Crippen LogP contribution in [0.2, 0.25) is 5.02 Å². The minimum absolute atomic E-state index is 0.00506. The number of thiazole rings is 1. The van der Waals surface area contributed by atoms with Crippen LogP contribution in [0.3, 0.4) is 0 Å². The molecule has 0 bridgehead atoms. The highest BCUT2D eigenvalue weighted by Gasteiger charge is 2.17. The van der Waals surface area contributed by atoms with E-state index in [1.54, 1.807) is 0 Å². The predicted molar refractivity (Wildman–Crippen MR) is 113 cm³/mol. The van der Waals surface area contributed by atoms with Crippen molar-refractivity contribution < 1.29 is 14.5 Å². The first-order chi connectivity index (χ1) is 13.8. The number of rotatable bonds is 5. The molecular weight excluding hydrogens is 414 g/mol. The zero-order valence-corrected chi connectivity index (χ0v) is 17.6. The molecule has 9 heteroatoms. The van der Waals surface area contributed by atoms with Crippen LogP contribution in [0.25, 0.3) is 11.3 Å². The van der Waals surface area contributed by atoms with Gasteiger partial charge in [-0.1, -0.05) is 11.6 Å². The van der Waals surface area contributed by atoms with Crippen LogP contribution in [-0.2, 0) is 7.05 Å². The lowest BCUT2D eigenvalue weighted by atomic mass is 10.1. The van der Waals surface area contributed by atoms with Crippen LogP contribution in [0.4, 0.5) is 5.69 Å². The molecule has 29 heavy (non-hydrogen) atoms. The number of benzene rings is 2. The van der Waals surface area contributed by atoms with Crippen LogP contribution in [0.1, 0.15) is 22.2 Å². The molecule has 150 valence electrons. The van der Waals surface area contributed by atoms with E-state index in [-0.39, 0.29) is 16.3 Å². The van der Waals surface area contributed by atoms with Crippen molar-refractivity contribution in [2.75, 3.05) is 6.61 Å². The monoisotopic (exact) mass is 431 g/mol. The van der Waals surface area contributed by atoms with Crippen molar-refractivity contribution in [2.24, 2.45) is 12.0 Å². The molecule has 0 N–H and O–H groups in total. The Bertz CT molecular complexity index is 1150. The molecule has 0 saturated heterocycles. The maximum atomic E-state index is 12.6. The second kappa shape index (κ2) is 8.59. The van der Waals surface area contributed by atoms with E-state index in [9.17, 15) is 14.9 Å². The molecule has 0 atom stereocenters. The summed E-state index contributed by atoms with van der Waals surface area (Å²) in [5.74, 6) is 0.154. The summed E-state index contributed by atoms with van der Waals surface area (Å²) in [7, 11) is 1.82. The second-order valence-electron chi connectivity index (χ2n) is 6.14. The highest BCUT2D eigenvalue weighted by molar-refractivity contribution is 7.09. The third-order valence-electron chi connectivity index (χ3n) is 4.23. The van der Waals surface area contributed by atoms with Crippen LogP contribution in [-0.4, -0.2) is 22.0 Å². The van der Waals surface area contributed by atoms with E-state index in [0.717, 1.165) is 28.0 Å². The number of hydrogen-bond acceptors (Lipinski definition) is 5. The summed E-state index contributed by atoms with van der Waals surface area (Å²) in [4.78, 5) is 28.6. The largest absolute Gasteiger partial charge is 0.494 e. The maximum Gasteiger partial charge on any atom is 0.281 e. The van der Waals surface area contributed by atoms with E-state index in [1.165, 1.54) is 23.5 Å². The smallest absolute Gasteiger partial charge is 0.281 e. The molecule has 0 unspecified atom stereocenters. The van der Waals surface area contributed by atoms with Crippen LogP contribution >= 0.6 is 22.9 Å². The fraction of sp³-hybridized carbons (Fsp3) is 0.200. The van der Waals surface area contributed by atoms with Crippen molar-refractivity contribution in [3.8, 4) is 17.0 Å². The average Bonchev–Trinajstić information content (AvgIpc) is 2.96. The summed E-state index contributed by atoms with van der Waals surface area (Å²) in [5.41, 5.74) is 1.67. The van der Waals surface area contributed by atoms with Gasteiger partial charge in [0.2, 0.25) is 0 Å².